The molecule has 0 saturated carbocycles. The van der Waals surface area contributed by atoms with E-state index in [0.717, 1.165) is 50.2 Å². The Kier molecular flexibility index (Phi) is 7.67. The molecular weight excluding hydrogens is 520 g/mol. The standard InChI is InChI=1S/C37H34N2O3/c1-40-30-21-19-26(20-22-30)36-31-23-34(41-2)35(42-3)24-32(31)39-33(36)25-38-37(27-13-7-4-8-14-27,28-15-9-5-10-16-28)29-17-11-6-12-18-29/h4-24,38-39H,25H2,1-3H3. The SMILES string of the molecule is COc1ccc(-c2c(CNC(c3ccccc3)(c3ccccc3)c3ccccc3)[nH]c3cc(OC)c(OC)cc23)cc1. The molecule has 0 radical (unpaired) electrons. The third-order valence-electron chi connectivity index (χ3n) is 7.91. The molecule has 0 amide bonds. The number of H-pyrrole nitrogens is 1. The first-order valence-electron chi connectivity index (χ1n) is 14.0. The number of fused-ring (bicyclic) bond motifs is 1. The van der Waals surface area contributed by atoms with Crippen LogP contribution in [-0.4, -0.2) is 26.3 Å². The van der Waals surface area contributed by atoms with Crippen molar-refractivity contribution >= 4 is 10.9 Å². The molecule has 42 heavy (non-hydrogen) atoms. The van der Waals surface area contributed by atoms with Crippen molar-refractivity contribution in [1.82, 2.24) is 10.3 Å². The second-order valence-corrected chi connectivity index (χ2v) is 10.2. The largest absolute Gasteiger partial charge is 0.497 e. The number of aromatic nitrogens is 1. The molecule has 5 aromatic carbocycles. The minimum atomic E-state index is -0.604. The maximum absolute atomic E-state index is 5.69. The van der Waals surface area contributed by atoms with Crippen LogP contribution in [0.2, 0.25) is 0 Å². The van der Waals surface area contributed by atoms with Crippen LogP contribution in [0, 0.1) is 0 Å². The molecule has 0 fully saturated rings. The van der Waals surface area contributed by atoms with Gasteiger partial charge in [-0.15, -0.1) is 0 Å². The van der Waals surface area contributed by atoms with Crippen LogP contribution < -0.4 is 19.5 Å². The number of methoxy groups -OCH3 is 3. The molecule has 0 aliphatic carbocycles. The molecule has 1 heterocycles. The summed E-state index contributed by atoms with van der Waals surface area (Å²) in [7, 11) is 5.01. The van der Waals surface area contributed by atoms with Crippen LogP contribution in [0.1, 0.15) is 22.4 Å². The van der Waals surface area contributed by atoms with Gasteiger partial charge < -0.3 is 19.2 Å². The van der Waals surface area contributed by atoms with Gasteiger partial charge in [-0.2, -0.15) is 0 Å². The Balaban J connectivity index is 1.55. The lowest BCUT2D eigenvalue weighted by molar-refractivity contribution is 0.356. The molecule has 0 spiro atoms. The van der Waals surface area contributed by atoms with Crippen LogP contribution in [0.15, 0.2) is 127 Å². The van der Waals surface area contributed by atoms with Gasteiger partial charge in [0.05, 0.1) is 32.4 Å². The average molecular weight is 555 g/mol. The van der Waals surface area contributed by atoms with Gasteiger partial charge in [-0.25, -0.2) is 0 Å². The lowest BCUT2D eigenvalue weighted by Gasteiger charge is -2.37. The van der Waals surface area contributed by atoms with Gasteiger partial charge >= 0.3 is 0 Å². The van der Waals surface area contributed by atoms with Gasteiger partial charge in [0.15, 0.2) is 11.5 Å². The molecule has 0 aliphatic rings. The van der Waals surface area contributed by atoms with E-state index in [1.54, 1.807) is 21.3 Å². The van der Waals surface area contributed by atoms with E-state index in [1.165, 1.54) is 0 Å². The fourth-order valence-corrected chi connectivity index (χ4v) is 5.89. The summed E-state index contributed by atoms with van der Waals surface area (Å²) >= 11 is 0. The van der Waals surface area contributed by atoms with Gasteiger partial charge in [0.25, 0.3) is 0 Å². The minimum absolute atomic E-state index is 0.555. The summed E-state index contributed by atoms with van der Waals surface area (Å²) in [4.78, 5) is 3.71. The molecule has 0 atom stereocenters. The van der Waals surface area contributed by atoms with E-state index in [4.69, 9.17) is 14.2 Å². The van der Waals surface area contributed by atoms with Gasteiger partial charge in [-0.05, 0) is 40.5 Å². The van der Waals surface area contributed by atoms with Gasteiger partial charge in [0.1, 0.15) is 5.75 Å². The van der Waals surface area contributed by atoms with E-state index in [9.17, 15) is 0 Å². The van der Waals surface area contributed by atoms with Crippen LogP contribution in [-0.2, 0) is 12.1 Å². The Hall–Kier alpha value is -5.00. The van der Waals surface area contributed by atoms with E-state index < -0.39 is 5.54 Å². The predicted molar refractivity (Wildman–Crippen MR) is 169 cm³/mol. The zero-order valence-electron chi connectivity index (χ0n) is 24.1. The van der Waals surface area contributed by atoms with E-state index in [0.29, 0.717) is 18.0 Å². The Morgan fingerprint density at radius 2 is 1.10 bits per heavy atom. The highest BCUT2D eigenvalue weighted by Gasteiger charge is 2.36. The number of hydrogen-bond donors (Lipinski definition) is 2. The summed E-state index contributed by atoms with van der Waals surface area (Å²) in [5, 5.41) is 5.09. The van der Waals surface area contributed by atoms with Crippen molar-refractivity contribution in [3.63, 3.8) is 0 Å². The monoisotopic (exact) mass is 554 g/mol. The number of ether oxygens (including phenoxy) is 3. The Labute approximate surface area is 246 Å². The Morgan fingerprint density at radius 3 is 1.57 bits per heavy atom. The second-order valence-electron chi connectivity index (χ2n) is 10.2. The summed E-state index contributed by atoms with van der Waals surface area (Å²) in [6.07, 6.45) is 0. The highest BCUT2D eigenvalue weighted by Crippen LogP contribution is 2.41. The molecule has 0 aliphatic heterocycles. The van der Waals surface area contributed by atoms with Crippen molar-refractivity contribution in [2.45, 2.75) is 12.1 Å². The number of hydrogen-bond acceptors (Lipinski definition) is 4. The number of benzene rings is 5. The molecule has 0 unspecified atom stereocenters. The van der Waals surface area contributed by atoms with Gasteiger partial charge in [-0.3, -0.25) is 5.32 Å². The van der Waals surface area contributed by atoms with E-state index in [-0.39, 0.29) is 0 Å². The topological polar surface area (TPSA) is 55.5 Å². The first-order chi connectivity index (χ1) is 20.7. The van der Waals surface area contributed by atoms with E-state index >= 15 is 0 Å². The van der Waals surface area contributed by atoms with Gasteiger partial charge in [0, 0.05) is 29.3 Å². The Morgan fingerprint density at radius 1 is 0.595 bits per heavy atom. The second kappa shape index (κ2) is 11.9. The highest BCUT2D eigenvalue weighted by atomic mass is 16.5. The summed E-state index contributed by atoms with van der Waals surface area (Å²) in [6, 6.07) is 44.2. The van der Waals surface area contributed by atoms with Crippen LogP contribution in [0.3, 0.4) is 0 Å². The van der Waals surface area contributed by atoms with Crippen molar-refractivity contribution < 1.29 is 14.2 Å². The molecule has 6 rings (SSSR count). The van der Waals surface area contributed by atoms with Crippen LogP contribution in [0.4, 0.5) is 0 Å². The molecular formula is C37H34N2O3. The first kappa shape index (κ1) is 27.2. The maximum atomic E-state index is 5.69. The summed E-state index contributed by atoms with van der Waals surface area (Å²) in [5.74, 6) is 2.18. The van der Waals surface area contributed by atoms with Crippen molar-refractivity contribution in [1.29, 1.82) is 0 Å². The minimum Gasteiger partial charge on any atom is -0.497 e. The smallest absolute Gasteiger partial charge is 0.162 e. The molecule has 5 heteroatoms. The number of rotatable bonds is 10. The van der Waals surface area contributed by atoms with Crippen molar-refractivity contribution in [2.24, 2.45) is 0 Å². The van der Waals surface area contributed by atoms with Crippen molar-refractivity contribution in [3.05, 3.63) is 150 Å². The van der Waals surface area contributed by atoms with Crippen molar-refractivity contribution in [3.8, 4) is 28.4 Å². The normalized spacial score (nSPS) is 11.4. The number of aromatic amines is 1. The summed E-state index contributed by atoms with van der Waals surface area (Å²) in [6.45, 7) is 0.555. The third kappa shape index (κ3) is 4.89. The third-order valence-corrected chi connectivity index (χ3v) is 7.91. The van der Waals surface area contributed by atoms with E-state index in [1.807, 2.05) is 24.3 Å². The van der Waals surface area contributed by atoms with Gasteiger partial charge in [0.2, 0.25) is 0 Å². The molecule has 5 nitrogen and oxygen atoms in total. The Bertz CT molecular complexity index is 1670. The summed E-state index contributed by atoms with van der Waals surface area (Å²) < 4.78 is 16.8. The molecule has 0 saturated heterocycles. The fourth-order valence-electron chi connectivity index (χ4n) is 5.89. The quantitative estimate of drug-likeness (QED) is 0.169. The lowest BCUT2D eigenvalue weighted by atomic mass is 9.77. The first-order valence-corrected chi connectivity index (χ1v) is 14.0. The summed E-state index contributed by atoms with van der Waals surface area (Å²) in [5.41, 5.74) is 7.08. The number of nitrogens with one attached hydrogen (secondary N) is 2. The highest BCUT2D eigenvalue weighted by molar-refractivity contribution is 5.99. The fraction of sp³-hybridized carbons (Fsp3) is 0.135. The van der Waals surface area contributed by atoms with Gasteiger partial charge in [-0.1, -0.05) is 103 Å². The molecule has 2 N–H and O–H groups in total. The zero-order chi connectivity index (χ0) is 28.9. The van der Waals surface area contributed by atoms with Crippen LogP contribution >= 0.6 is 0 Å². The molecule has 210 valence electrons. The average Bonchev–Trinajstić information content (AvgIpc) is 3.43. The van der Waals surface area contributed by atoms with Crippen molar-refractivity contribution in [2.75, 3.05) is 21.3 Å². The van der Waals surface area contributed by atoms with Crippen LogP contribution in [0.25, 0.3) is 22.0 Å². The van der Waals surface area contributed by atoms with E-state index in [2.05, 4.69) is 113 Å². The molecule has 0 bridgehead atoms. The van der Waals surface area contributed by atoms with Crippen LogP contribution in [0.5, 0.6) is 17.2 Å². The predicted octanol–water partition coefficient (Wildman–Crippen LogP) is 7.94. The lowest BCUT2D eigenvalue weighted by Crippen LogP contribution is -2.44. The molecule has 1 aromatic heterocycles. The molecule has 6 aromatic rings. The maximum Gasteiger partial charge on any atom is 0.162 e. The zero-order valence-corrected chi connectivity index (χ0v) is 24.1.